The van der Waals surface area contributed by atoms with E-state index in [1.165, 1.54) is 26.4 Å². The lowest BCUT2D eigenvalue weighted by Gasteiger charge is -2.12. The lowest BCUT2D eigenvalue weighted by molar-refractivity contribution is -0.136. The van der Waals surface area contributed by atoms with Crippen LogP contribution in [0.4, 0.5) is 5.69 Å². The zero-order valence-electron chi connectivity index (χ0n) is 16.3. The standard InChI is InChI=1S/C20H19N3O6S/c1-23-17(25)10-15(19(23)26)30-18-12(6-5-9-21-18)20(27)29-11-16(24)22-13-7-3-4-8-14(13)28-2/h3-9,15H,10-11H2,1-2H3,(H,22,24). The van der Waals surface area contributed by atoms with E-state index in [1.54, 1.807) is 30.3 Å². The van der Waals surface area contributed by atoms with Gasteiger partial charge in [-0.25, -0.2) is 9.78 Å². The van der Waals surface area contributed by atoms with Crippen LogP contribution in [0.5, 0.6) is 5.75 Å². The lowest BCUT2D eigenvalue weighted by Crippen LogP contribution is -2.26. The van der Waals surface area contributed by atoms with E-state index in [4.69, 9.17) is 9.47 Å². The minimum atomic E-state index is -0.758. The maximum Gasteiger partial charge on any atom is 0.341 e. The second kappa shape index (κ2) is 9.40. The number of esters is 1. The monoisotopic (exact) mass is 429 g/mol. The third-order valence-electron chi connectivity index (χ3n) is 4.30. The fraction of sp³-hybridized carbons (Fsp3) is 0.250. The number of ether oxygens (including phenoxy) is 2. The normalized spacial score (nSPS) is 15.8. The number of carbonyl (C=O) groups excluding carboxylic acids is 4. The van der Waals surface area contributed by atoms with Crippen molar-refractivity contribution in [2.24, 2.45) is 0 Å². The molecule has 1 atom stereocenters. The number of nitrogens with zero attached hydrogens (tertiary/aromatic N) is 2. The average molecular weight is 429 g/mol. The summed E-state index contributed by atoms with van der Waals surface area (Å²) in [6.07, 6.45) is 1.50. The Bertz CT molecular complexity index is 996. The summed E-state index contributed by atoms with van der Waals surface area (Å²) in [5.74, 6) is -1.45. The maximum absolute atomic E-state index is 12.5. The highest BCUT2D eigenvalue weighted by molar-refractivity contribution is 8.00. The van der Waals surface area contributed by atoms with Crippen molar-refractivity contribution in [1.29, 1.82) is 0 Å². The number of nitrogens with one attached hydrogen (secondary N) is 1. The lowest BCUT2D eigenvalue weighted by atomic mass is 10.3. The van der Waals surface area contributed by atoms with Gasteiger partial charge in [-0.3, -0.25) is 19.3 Å². The van der Waals surface area contributed by atoms with Crippen molar-refractivity contribution in [2.75, 3.05) is 26.1 Å². The summed E-state index contributed by atoms with van der Waals surface area (Å²) in [5.41, 5.74) is 0.564. The van der Waals surface area contributed by atoms with Gasteiger partial charge in [0.2, 0.25) is 11.8 Å². The first kappa shape index (κ1) is 21.3. The molecule has 3 amide bonds. The number of rotatable bonds is 7. The summed E-state index contributed by atoms with van der Waals surface area (Å²) in [5, 5.41) is 2.21. The van der Waals surface area contributed by atoms with Gasteiger partial charge in [0.1, 0.15) is 10.8 Å². The van der Waals surface area contributed by atoms with Gasteiger partial charge in [-0.05, 0) is 24.3 Å². The summed E-state index contributed by atoms with van der Waals surface area (Å²) < 4.78 is 10.3. The Balaban J connectivity index is 1.63. The third kappa shape index (κ3) is 4.77. The Morgan fingerprint density at radius 2 is 2.00 bits per heavy atom. The highest BCUT2D eigenvalue weighted by Gasteiger charge is 2.37. The number of amides is 3. The Labute approximate surface area is 176 Å². The van der Waals surface area contributed by atoms with Crippen molar-refractivity contribution >= 4 is 41.1 Å². The molecular weight excluding hydrogens is 410 g/mol. The highest BCUT2D eigenvalue weighted by Crippen LogP contribution is 2.31. The van der Waals surface area contributed by atoms with Crippen LogP contribution in [0.1, 0.15) is 16.8 Å². The van der Waals surface area contributed by atoms with Crippen molar-refractivity contribution in [1.82, 2.24) is 9.88 Å². The number of anilines is 1. The van der Waals surface area contributed by atoms with Gasteiger partial charge < -0.3 is 14.8 Å². The number of para-hydroxylation sites is 2. The quantitative estimate of drug-likeness (QED) is 0.523. The SMILES string of the molecule is COc1ccccc1NC(=O)COC(=O)c1cccnc1SC1CC(=O)N(C)C1=O. The largest absolute Gasteiger partial charge is 0.495 e. The second-order valence-electron chi connectivity index (χ2n) is 6.28. The molecule has 1 aromatic carbocycles. The Morgan fingerprint density at radius 3 is 2.70 bits per heavy atom. The minimum absolute atomic E-state index is 0.0341. The number of hydrogen-bond acceptors (Lipinski definition) is 8. The Hall–Kier alpha value is -3.40. The number of hydrogen-bond donors (Lipinski definition) is 1. The summed E-state index contributed by atoms with van der Waals surface area (Å²) in [6, 6.07) is 9.87. The van der Waals surface area contributed by atoms with Gasteiger partial charge >= 0.3 is 5.97 Å². The third-order valence-corrected chi connectivity index (χ3v) is 5.50. The van der Waals surface area contributed by atoms with Crippen LogP contribution in [0, 0.1) is 0 Å². The van der Waals surface area contributed by atoms with E-state index in [2.05, 4.69) is 10.3 Å². The van der Waals surface area contributed by atoms with Gasteiger partial charge in [-0.1, -0.05) is 23.9 Å². The molecule has 0 spiro atoms. The highest BCUT2D eigenvalue weighted by atomic mass is 32.2. The molecule has 1 fully saturated rings. The molecule has 9 nitrogen and oxygen atoms in total. The number of thioether (sulfide) groups is 1. The van der Waals surface area contributed by atoms with E-state index < -0.39 is 23.7 Å². The molecular formula is C20H19N3O6S. The van der Waals surface area contributed by atoms with Crippen LogP contribution in [-0.2, 0) is 19.1 Å². The molecule has 0 radical (unpaired) electrons. The van der Waals surface area contributed by atoms with E-state index in [0.717, 1.165) is 16.7 Å². The van der Waals surface area contributed by atoms with Crippen LogP contribution in [0.25, 0.3) is 0 Å². The zero-order valence-corrected chi connectivity index (χ0v) is 17.1. The van der Waals surface area contributed by atoms with Gasteiger partial charge in [0, 0.05) is 19.7 Å². The Kier molecular flexibility index (Phi) is 6.68. The van der Waals surface area contributed by atoms with Crippen molar-refractivity contribution in [2.45, 2.75) is 16.7 Å². The smallest absolute Gasteiger partial charge is 0.341 e. The molecule has 1 N–H and O–H groups in total. The van der Waals surface area contributed by atoms with E-state index in [9.17, 15) is 19.2 Å². The number of methoxy groups -OCH3 is 1. The molecule has 30 heavy (non-hydrogen) atoms. The second-order valence-corrected chi connectivity index (χ2v) is 7.47. The molecule has 1 unspecified atom stereocenters. The van der Waals surface area contributed by atoms with Gasteiger partial charge in [0.25, 0.3) is 5.91 Å². The number of imide groups is 1. The summed E-state index contributed by atoms with van der Waals surface area (Å²) in [4.78, 5) is 53.6. The van der Waals surface area contributed by atoms with Crippen LogP contribution in [0.2, 0.25) is 0 Å². The van der Waals surface area contributed by atoms with Crippen LogP contribution in [0.15, 0.2) is 47.6 Å². The number of carbonyl (C=O) groups is 4. The van der Waals surface area contributed by atoms with Crippen molar-refractivity contribution < 1.29 is 28.7 Å². The van der Waals surface area contributed by atoms with Crippen LogP contribution in [0.3, 0.4) is 0 Å². The van der Waals surface area contributed by atoms with Crippen LogP contribution < -0.4 is 10.1 Å². The first-order valence-corrected chi connectivity index (χ1v) is 9.80. The van der Waals surface area contributed by atoms with Gasteiger partial charge in [-0.15, -0.1) is 0 Å². The van der Waals surface area contributed by atoms with E-state index >= 15 is 0 Å². The predicted molar refractivity (Wildman–Crippen MR) is 108 cm³/mol. The maximum atomic E-state index is 12.5. The van der Waals surface area contributed by atoms with E-state index in [-0.39, 0.29) is 28.8 Å². The Morgan fingerprint density at radius 1 is 1.23 bits per heavy atom. The molecule has 2 heterocycles. The van der Waals surface area contributed by atoms with E-state index in [0.29, 0.717) is 11.4 Å². The molecule has 10 heteroatoms. The molecule has 0 bridgehead atoms. The fourth-order valence-corrected chi connectivity index (χ4v) is 3.89. The van der Waals surface area contributed by atoms with Crippen LogP contribution >= 0.6 is 11.8 Å². The van der Waals surface area contributed by atoms with Crippen molar-refractivity contribution in [3.8, 4) is 5.75 Å². The first-order chi connectivity index (χ1) is 14.4. The molecule has 1 aliphatic heterocycles. The number of aromatic nitrogens is 1. The molecule has 2 aromatic rings. The molecule has 1 aliphatic rings. The molecule has 0 saturated carbocycles. The topological polar surface area (TPSA) is 115 Å². The average Bonchev–Trinajstić information content (AvgIpc) is 2.99. The minimum Gasteiger partial charge on any atom is -0.495 e. The first-order valence-electron chi connectivity index (χ1n) is 8.92. The molecule has 3 rings (SSSR count). The fourth-order valence-electron chi connectivity index (χ4n) is 2.73. The summed E-state index contributed by atoms with van der Waals surface area (Å²) in [7, 11) is 2.90. The summed E-state index contributed by atoms with van der Waals surface area (Å²) in [6.45, 7) is -0.514. The summed E-state index contributed by atoms with van der Waals surface area (Å²) >= 11 is 1.02. The van der Waals surface area contributed by atoms with Crippen molar-refractivity contribution in [3.63, 3.8) is 0 Å². The van der Waals surface area contributed by atoms with Crippen LogP contribution in [-0.4, -0.2) is 59.6 Å². The molecule has 1 saturated heterocycles. The van der Waals surface area contributed by atoms with Gasteiger partial charge in [0.15, 0.2) is 6.61 Å². The molecule has 156 valence electrons. The van der Waals surface area contributed by atoms with E-state index in [1.807, 2.05) is 0 Å². The van der Waals surface area contributed by atoms with Crippen molar-refractivity contribution in [3.05, 3.63) is 48.2 Å². The molecule has 0 aliphatic carbocycles. The predicted octanol–water partition coefficient (Wildman–Crippen LogP) is 1.74. The number of likely N-dealkylation sites (tertiary alicyclic amines) is 1. The van der Waals surface area contributed by atoms with Gasteiger partial charge in [0.05, 0.1) is 23.6 Å². The van der Waals surface area contributed by atoms with Gasteiger partial charge in [-0.2, -0.15) is 0 Å². The number of pyridine rings is 1. The number of benzene rings is 1. The zero-order chi connectivity index (χ0) is 21.7. The molecule has 1 aromatic heterocycles.